The lowest BCUT2D eigenvalue weighted by molar-refractivity contribution is 0.0756. The van der Waals surface area contributed by atoms with Crippen LogP contribution in [0.1, 0.15) is 29.4 Å². The first-order chi connectivity index (χ1) is 10.6. The van der Waals surface area contributed by atoms with E-state index in [1.165, 1.54) is 0 Å². The lowest BCUT2D eigenvalue weighted by atomic mass is 10.1. The minimum Gasteiger partial charge on any atom is -0.337 e. The Labute approximate surface area is 131 Å². The fourth-order valence-electron chi connectivity index (χ4n) is 2.67. The van der Waals surface area contributed by atoms with Gasteiger partial charge in [0.15, 0.2) is 5.69 Å². The molecule has 0 aliphatic heterocycles. The van der Waals surface area contributed by atoms with Gasteiger partial charge in [0.2, 0.25) is 0 Å². The van der Waals surface area contributed by atoms with Gasteiger partial charge in [-0.2, -0.15) is 5.10 Å². The Morgan fingerprint density at radius 1 is 1.32 bits per heavy atom. The van der Waals surface area contributed by atoms with Gasteiger partial charge in [-0.15, -0.1) is 0 Å². The second kappa shape index (κ2) is 7.22. The van der Waals surface area contributed by atoms with Gasteiger partial charge in [0.25, 0.3) is 5.91 Å². The molecule has 0 fully saturated rings. The zero-order valence-electron chi connectivity index (χ0n) is 13.5. The highest BCUT2D eigenvalue weighted by molar-refractivity contribution is 5.95. The second-order valence-corrected chi connectivity index (χ2v) is 5.34. The van der Waals surface area contributed by atoms with E-state index in [2.05, 4.69) is 5.10 Å². The maximum absolute atomic E-state index is 12.7. The van der Waals surface area contributed by atoms with Crippen molar-refractivity contribution in [2.45, 2.75) is 20.3 Å². The average Bonchev–Trinajstić information content (AvgIpc) is 2.83. The maximum atomic E-state index is 12.7. The van der Waals surface area contributed by atoms with E-state index in [0.717, 1.165) is 23.2 Å². The molecule has 1 aromatic carbocycles. The van der Waals surface area contributed by atoms with Gasteiger partial charge >= 0.3 is 0 Å². The van der Waals surface area contributed by atoms with Gasteiger partial charge in [0.1, 0.15) is 0 Å². The number of hydrogen-bond donors (Lipinski definition) is 1. The van der Waals surface area contributed by atoms with Crippen LogP contribution in [0, 0.1) is 6.92 Å². The van der Waals surface area contributed by atoms with Crippen LogP contribution < -0.4 is 5.73 Å². The fourth-order valence-corrected chi connectivity index (χ4v) is 2.67. The van der Waals surface area contributed by atoms with E-state index in [1.54, 1.807) is 9.58 Å². The zero-order valence-corrected chi connectivity index (χ0v) is 13.5. The van der Waals surface area contributed by atoms with Crippen molar-refractivity contribution >= 4 is 5.91 Å². The van der Waals surface area contributed by atoms with Crippen molar-refractivity contribution in [2.75, 3.05) is 19.6 Å². The molecule has 0 aliphatic rings. The van der Waals surface area contributed by atoms with E-state index in [4.69, 9.17) is 5.73 Å². The molecule has 0 unspecified atom stereocenters. The van der Waals surface area contributed by atoms with Gasteiger partial charge in [-0.05, 0) is 26.8 Å². The van der Waals surface area contributed by atoms with Crippen LogP contribution in [-0.4, -0.2) is 40.2 Å². The van der Waals surface area contributed by atoms with Gasteiger partial charge in [-0.3, -0.25) is 9.48 Å². The van der Waals surface area contributed by atoms with Crippen LogP contribution in [0.25, 0.3) is 11.3 Å². The molecule has 1 amide bonds. The molecule has 22 heavy (non-hydrogen) atoms. The third-order valence-corrected chi connectivity index (χ3v) is 3.83. The molecule has 0 saturated carbocycles. The molecule has 118 valence electrons. The van der Waals surface area contributed by atoms with Crippen LogP contribution in [0.2, 0.25) is 0 Å². The molecule has 0 bridgehead atoms. The predicted octanol–water partition coefficient (Wildman–Crippen LogP) is 2.21. The van der Waals surface area contributed by atoms with Crippen molar-refractivity contribution in [3.05, 3.63) is 41.6 Å². The van der Waals surface area contributed by atoms with Crippen molar-refractivity contribution in [1.29, 1.82) is 0 Å². The summed E-state index contributed by atoms with van der Waals surface area (Å²) >= 11 is 0. The third-order valence-electron chi connectivity index (χ3n) is 3.83. The molecular weight excluding hydrogens is 276 g/mol. The summed E-state index contributed by atoms with van der Waals surface area (Å²) < 4.78 is 1.79. The summed E-state index contributed by atoms with van der Waals surface area (Å²) in [5.74, 6) is -0.0220. The first kappa shape index (κ1) is 16.2. The molecule has 2 rings (SSSR count). The highest BCUT2D eigenvalue weighted by Crippen LogP contribution is 2.25. The normalized spacial score (nSPS) is 10.7. The summed E-state index contributed by atoms with van der Waals surface area (Å²) in [5, 5.41) is 4.46. The number of aromatic nitrogens is 2. The SMILES string of the molecule is CCN(CCCN)C(=O)c1nn(C)c(-c2ccccc2)c1C. The molecule has 5 nitrogen and oxygen atoms in total. The average molecular weight is 300 g/mol. The Bertz CT molecular complexity index is 634. The lowest BCUT2D eigenvalue weighted by Gasteiger charge is -2.19. The van der Waals surface area contributed by atoms with E-state index in [9.17, 15) is 4.79 Å². The zero-order chi connectivity index (χ0) is 16.1. The van der Waals surface area contributed by atoms with Gasteiger partial charge < -0.3 is 10.6 Å². The molecule has 5 heteroatoms. The van der Waals surface area contributed by atoms with Gasteiger partial charge in [-0.25, -0.2) is 0 Å². The molecule has 1 aromatic heterocycles. The van der Waals surface area contributed by atoms with Crippen LogP contribution in [0.15, 0.2) is 30.3 Å². The quantitative estimate of drug-likeness (QED) is 0.889. The Balaban J connectivity index is 2.35. The Kier molecular flexibility index (Phi) is 5.33. The van der Waals surface area contributed by atoms with Gasteiger partial charge in [0.05, 0.1) is 5.69 Å². The summed E-state index contributed by atoms with van der Waals surface area (Å²) in [6.45, 7) is 5.85. The summed E-state index contributed by atoms with van der Waals surface area (Å²) in [6, 6.07) is 10.0. The molecule has 0 aliphatic carbocycles. The highest BCUT2D eigenvalue weighted by Gasteiger charge is 2.23. The number of benzene rings is 1. The van der Waals surface area contributed by atoms with Crippen LogP contribution in [0.3, 0.4) is 0 Å². The van der Waals surface area contributed by atoms with Gasteiger partial charge in [0, 0.05) is 31.3 Å². The Hall–Kier alpha value is -2.14. The lowest BCUT2D eigenvalue weighted by Crippen LogP contribution is -2.33. The maximum Gasteiger partial charge on any atom is 0.274 e. The van der Waals surface area contributed by atoms with Crippen molar-refractivity contribution in [1.82, 2.24) is 14.7 Å². The highest BCUT2D eigenvalue weighted by atomic mass is 16.2. The predicted molar refractivity (Wildman–Crippen MR) is 88.6 cm³/mol. The summed E-state index contributed by atoms with van der Waals surface area (Å²) in [7, 11) is 1.88. The number of nitrogens with two attached hydrogens (primary N) is 1. The first-order valence-corrected chi connectivity index (χ1v) is 7.68. The number of hydrogen-bond acceptors (Lipinski definition) is 3. The minimum absolute atomic E-state index is 0.0220. The van der Waals surface area contributed by atoms with Crippen molar-refractivity contribution in [3.8, 4) is 11.3 Å². The third kappa shape index (κ3) is 3.20. The van der Waals surface area contributed by atoms with Crippen LogP contribution in [0.4, 0.5) is 0 Å². The molecular formula is C17H24N4O. The van der Waals surface area contributed by atoms with Crippen molar-refractivity contribution < 1.29 is 4.79 Å². The fraction of sp³-hybridized carbons (Fsp3) is 0.412. The Morgan fingerprint density at radius 2 is 2.00 bits per heavy atom. The standard InChI is InChI=1S/C17H24N4O/c1-4-21(12-8-11-18)17(22)15-13(2)16(20(3)19-15)14-9-6-5-7-10-14/h5-7,9-10H,4,8,11-12,18H2,1-3H3. The van der Waals surface area contributed by atoms with E-state index >= 15 is 0 Å². The number of carbonyl (C=O) groups is 1. The molecule has 0 atom stereocenters. The monoisotopic (exact) mass is 300 g/mol. The number of nitrogens with zero attached hydrogens (tertiary/aromatic N) is 3. The largest absolute Gasteiger partial charge is 0.337 e. The number of aryl methyl sites for hydroxylation is 1. The van der Waals surface area contributed by atoms with E-state index < -0.39 is 0 Å². The van der Waals surface area contributed by atoms with Crippen molar-refractivity contribution in [2.24, 2.45) is 12.8 Å². The second-order valence-electron chi connectivity index (χ2n) is 5.34. The number of carbonyl (C=O) groups excluding carboxylic acids is 1. The number of amides is 1. The number of rotatable bonds is 6. The van der Waals surface area contributed by atoms with Crippen molar-refractivity contribution in [3.63, 3.8) is 0 Å². The van der Waals surface area contributed by atoms with E-state index in [0.29, 0.717) is 25.3 Å². The molecule has 2 N–H and O–H groups in total. The summed E-state index contributed by atoms with van der Waals surface area (Å²) in [6.07, 6.45) is 0.803. The van der Waals surface area contributed by atoms with Crippen LogP contribution >= 0.6 is 0 Å². The van der Waals surface area contributed by atoms with Crippen LogP contribution in [0.5, 0.6) is 0 Å². The van der Waals surface area contributed by atoms with Gasteiger partial charge in [-0.1, -0.05) is 30.3 Å². The Morgan fingerprint density at radius 3 is 2.59 bits per heavy atom. The summed E-state index contributed by atoms with van der Waals surface area (Å²) in [5.41, 5.74) is 9.05. The van der Waals surface area contributed by atoms with E-state index in [-0.39, 0.29) is 5.91 Å². The van der Waals surface area contributed by atoms with Crippen LogP contribution in [-0.2, 0) is 7.05 Å². The summed E-state index contributed by atoms with van der Waals surface area (Å²) in [4.78, 5) is 14.5. The molecule has 2 aromatic rings. The molecule has 0 spiro atoms. The molecule has 0 saturated heterocycles. The van der Waals surface area contributed by atoms with E-state index in [1.807, 2.05) is 51.2 Å². The topological polar surface area (TPSA) is 64.2 Å². The smallest absolute Gasteiger partial charge is 0.274 e. The first-order valence-electron chi connectivity index (χ1n) is 7.68. The minimum atomic E-state index is -0.0220. The molecule has 1 heterocycles. The molecule has 0 radical (unpaired) electrons.